The SMILES string of the molecule is COc1cc(OC)c([C@H](C)NCCc2cn(C)cn2)cc1Cl. The minimum atomic E-state index is 0.113. The number of imidazole rings is 1. The van der Waals surface area contributed by atoms with Gasteiger partial charge in [0.25, 0.3) is 0 Å². The molecule has 2 aromatic rings. The molecule has 0 spiro atoms. The Bertz CT molecular complexity index is 628. The maximum Gasteiger partial charge on any atom is 0.141 e. The molecule has 2 rings (SSSR count). The van der Waals surface area contributed by atoms with Crippen molar-refractivity contribution >= 4 is 11.6 Å². The third-order valence-electron chi connectivity index (χ3n) is 3.56. The van der Waals surface area contributed by atoms with E-state index in [0.717, 1.165) is 30.0 Å². The molecule has 0 saturated carbocycles. The Hall–Kier alpha value is -1.72. The third kappa shape index (κ3) is 3.93. The zero-order valence-electron chi connectivity index (χ0n) is 13.4. The molecule has 0 aliphatic heterocycles. The van der Waals surface area contributed by atoms with E-state index < -0.39 is 0 Å². The number of aromatic nitrogens is 2. The maximum absolute atomic E-state index is 6.21. The first-order valence-corrected chi connectivity index (χ1v) is 7.54. The summed E-state index contributed by atoms with van der Waals surface area (Å²) < 4.78 is 12.6. The molecular weight excluding hydrogens is 302 g/mol. The fraction of sp³-hybridized carbons (Fsp3) is 0.438. The summed E-state index contributed by atoms with van der Waals surface area (Å²) in [5, 5.41) is 4.05. The first-order chi connectivity index (χ1) is 10.5. The van der Waals surface area contributed by atoms with Crippen molar-refractivity contribution in [3.8, 4) is 11.5 Å². The van der Waals surface area contributed by atoms with Crippen LogP contribution in [-0.4, -0.2) is 30.3 Å². The molecule has 0 fully saturated rings. The molecule has 0 aliphatic carbocycles. The summed E-state index contributed by atoms with van der Waals surface area (Å²) in [7, 11) is 5.21. The Morgan fingerprint density at radius 3 is 2.59 bits per heavy atom. The van der Waals surface area contributed by atoms with Gasteiger partial charge in [0.1, 0.15) is 11.5 Å². The van der Waals surface area contributed by atoms with Gasteiger partial charge in [0.15, 0.2) is 0 Å². The monoisotopic (exact) mass is 323 g/mol. The van der Waals surface area contributed by atoms with Crippen molar-refractivity contribution in [2.24, 2.45) is 7.05 Å². The zero-order valence-corrected chi connectivity index (χ0v) is 14.1. The average molecular weight is 324 g/mol. The second kappa shape index (κ2) is 7.51. The van der Waals surface area contributed by atoms with Crippen molar-refractivity contribution in [1.29, 1.82) is 0 Å². The molecule has 1 heterocycles. The molecule has 0 amide bonds. The highest BCUT2D eigenvalue weighted by molar-refractivity contribution is 6.32. The van der Waals surface area contributed by atoms with E-state index in [1.54, 1.807) is 14.2 Å². The second-order valence-electron chi connectivity index (χ2n) is 5.18. The number of benzene rings is 1. The molecular formula is C16H22ClN3O2. The lowest BCUT2D eigenvalue weighted by Gasteiger charge is -2.18. The van der Waals surface area contributed by atoms with Gasteiger partial charge in [-0.05, 0) is 13.0 Å². The van der Waals surface area contributed by atoms with Gasteiger partial charge >= 0.3 is 0 Å². The predicted octanol–water partition coefficient (Wildman–Crippen LogP) is 2.98. The molecule has 1 N–H and O–H groups in total. The van der Waals surface area contributed by atoms with E-state index in [2.05, 4.69) is 17.2 Å². The first kappa shape index (κ1) is 16.6. The van der Waals surface area contributed by atoms with Crippen molar-refractivity contribution in [2.75, 3.05) is 20.8 Å². The maximum atomic E-state index is 6.21. The van der Waals surface area contributed by atoms with Crippen molar-refractivity contribution in [1.82, 2.24) is 14.9 Å². The molecule has 5 nitrogen and oxygen atoms in total. The Kier molecular flexibility index (Phi) is 5.69. The minimum Gasteiger partial charge on any atom is -0.496 e. The van der Waals surface area contributed by atoms with Crippen LogP contribution in [0, 0.1) is 0 Å². The van der Waals surface area contributed by atoms with Crippen LogP contribution in [-0.2, 0) is 13.5 Å². The van der Waals surface area contributed by atoms with Crippen molar-refractivity contribution in [3.63, 3.8) is 0 Å². The number of hydrogen-bond donors (Lipinski definition) is 1. The van der Waals surface area contributed by atoms with Gasteiger partial charge in [-0.25, -0.2) is 4.98 Å². The summed E-state index contributed by atoms with van der Waals surface area (Å²) in [5.41, 5.74) is 2.08. The van der Waals surface area contributed by atoms with Gasteiger partial charge in [0, 0.05) is 43.9 Å². The molecule has 0 saturated heterocycles. The lowest BCUT2D eigenvalue weighted by atomic mass is 10.1. The van der Waals surface area contributed by atoms with Gasteiger partial charge < -0.3 is 19.4 Å². The quantitative estimate of drug-likeness (QED) is 0.851. The molecule has 0 radical (unpaired) electrons. The summed E-state index contributed by atoms with van der Waals surface area (Å²) in [6.45, 7) is 2.91. The topological polar surface area (TPSA) is 48.3 Å². The van der Waals surface area contributed by atoms with Crippen LogP contribution in [0.15, 0.2) is 24.7 Å². The van der Waals surface area contributed by atoms with E-state index in [1.165, 1.54) is 0 Å². The fourth-order valence-corrected chi connectivity index (χ4v) is 2.59. The number of nitrogens with one attached hydrogen (secondary N) is 1. The Morgan fingerprint density at radius 2 is 2.00 bits per heavy atom. The fourth-order valence-electron chi connectivity index (χ4n) is 2.34. The summed E-state index contributed by atoms with van der Waals surface area (Å²) >= 11 is 6.21. The number of nitrogens with zero attached hydrogens (tertiary/aromatic N) is 2. The Labute approximate surface area is 136 Å². The molecule has 1 atom stereocenters. The summed E-state index contributed by atoms with van der Waals surface area (Å²) in [5.74, 6) is 1.38. The van der Waals surface area contributed by atoms with E-state index in [1.807, 2.05) is 36.3 Å². The lowest BCUT2D eigenvalue weighted by Crippen LogP contribution is -2.22. The highest BCUT2D eigenvalue weighted by atomic mass is 35.5. The summed E-state index contributed by atoms with van der Waals surface area (Å²) in [4.78, 5) is 4.32. The molecule has 1 aromatic heterocycles. The van der Waals surface area contributed by atoms with Gasteiger partial charge in [0.2, 0.25) is 0 Å². The first-order valence-electron chi connectivity index (χ1n) is 7.16. The zero-order chi connectivity index (χ0) is 16.1. The van der Waals surface area contributed by atoms with E-state index in [0.29, 0.717) is 10.8 Å². The van der Waals surface area contributed by atoms with Gasteiger partial charge in [0.05, 0.1) is 31.3 Å². The van der Waals surface area contributed by atoms with Gasteiger partial charge in [-0.2, -0.15) is 0 Å². The predicted molar refractivity (Wildman–Crippen MR) is 87.9 cm³/mol. The van der Waals surface area contributed by atoms with Crippen molar-refractivity contribution in [3.05, 3.63) is 40.9 Å². The summed E-state index contributed by atoms with van der Waals surface area (Å²) in [6, 6.07) is 3.81. The Morgan fingerprint density at radius 1 is 1.27 bits per heavy atom. The normalized spacial score (nSPS) is 12.2. The Balaban J connectivity index is 2.02. The smallest absolute Gasteiger partial charge is 0.141 e. The summed E-state index contributed by atoms with van der Waals surface area (Å²) in [6.07, 6.45) is 4.71. The molecule has 6 heteroatoms. The van der Waals surface area contributed by atoms with Gasteiger partial charge in [-0.1, -0.05) is 11.6 Å². The average Bonchev–Trinajstić information content (AvgIpc) is 2.92. The van der Waals surface area contributed by atoms with E-state index >= 15 is 0 Å². The molecule has 1 aromatic carbocycles. The van der Waals surface area contributed by atoms with Gasteiger partial charge in [-0.3, -0.25) is 0 Å². The van der Waals surface area contributed by atoms with Crippen LogP contribution in [0.2, 0.25) is 5.02 Å². The highest BCUT2D eigenvalue weighted by Gasteiger charge is 2.15. The number of aryl methyl sites for hydroxylation is 1. The van der Waals surface area contributed by atoms with Crippen LogP contribution in [0.1, 0.15) is 24.2 Å². The number of methoxy groups -OCH3 is 2. The molecule has 0 unspecified atom stereocenters. The largest absolute Gasteiger partial charge is 0.496 e. The molecule has 22 heavy (non-hydrogen) atoms. The number of ether oxygens (including phenoxy) is 2. The van der Waals surface area contributed by atoms with Crippen LogP contribution in [0.3, 0.4) is 0 Å². The lowest BCUT2D eigenvalue weighted by molar-refractivity contribution is 0.386. The number of halogens is 1. The third-order valence-corrected chi connectivity index (χ3v) is 3.86. The molecule has 0 aliphatic rings. The minimum absolute atomic E-state index is 0.113. The highest BCUT2D eigenvalue weighted by Crippen LogP contribution is 2.35. The van der Waals surface area contributed by atoms with Crippen LogP contribution < -0.4 is 14.8 Å². The van der Waals surface area contributed by atoms with E-state index in [9.17, 15) is 0 Å². The van der Waals surface area contributed by atoms with Gasteiger partial charge in [-0.15, -0.1) is 0 Å². The van der Waals surface area contributed by atoms with Crippen LogP contribution in [0.4, 0.5) is 0 Å². The molecule has 0 bridgehead atoms. The van der Waals surface area contributed by atoms with Crippen molar-refractivity contribution < 1.29 is 9.47 Å². The standard InChI is InChI=1S/C16H22ClN3O2/c1-11(18-6-5-12-9-20(2)10-19-12)13-7-14(17)16(22-4)8-15(13)21-3/h7-11,18H,5-6H2,1-4H3/t11-/m0/s1. The van der Waals surface area contributed by atoms with Crippen LogP contribution in [0.25, 0.3) is 0 Å². The second-order valence-corrected chi connectivity index (χ2v) is 5.59. The van der Waals surface area contributed by atoms with Crippen LogP contribution in [0.5, 0.6) is 11.5 Å². The number of rotatable bonds is 7. The van der Waals surface area contributed by atoms with Crippen molar-refractivity contribution in [2.45, 2.75) is 19.4 Å². The van der Waals surface area contributed by atoms with E-state index in [4.69, 9.17) is 21.1 Å². The number of hydrogen-bond acceptors (Lipinski definition) is 4. The van der Waals surface area contributed by atoms with E-state index in [-0.39, 0.29) is 6.04 Å². The molecule has 120 valence electrons. The van der Waals surface area contributed by atoms with Crippen LogP contribution >= 0.6 is 11.6 Å².